The Morgan fingerprint density at radius 2 is 1.80 bits per heavy atom. The van der Waals surface area contributed by atoms with E-state index in [9.17, 15) is 8.42 Å². The van der Waals surface area contributed by atoms with E-state index < -0.39 is 9.84 Å². The Bertz CT molecular complexity index is 481. The molecule has 0 saturated carbocycles. The topological polar surface area (TPSA) is 46.2 Å². The van der Waals surface area contributed by atoms with Crippen LogP contribution in [0.3, 0.4) is 0 Å². The molecular formula is C15H25NO2S2. The first-order valence-electron chi connectivity index (χ1n) is 7.03. The van der Waals surface area contributed by atoms with Crippen LogP contribution in [0.5, 0.6) is 0 Å². The summed E-state index contributed by atoms with van der Waals surface area (Å²) in [7, 11) is -3.08. The lowest BCUT2D eigenvalue weighted by Gasteiger charge is -2.07. The molecule has 0 amide bonds. The molecule has 0 unspecified atom stereocenters. The van der Waals surface area contributed by atoms with Gasteiger partial charge in [0.25, 0.3) is 0 Å². The van der Waals surface area contributed by atoms with Crippen LogP contribution < -0.4 is 5.32 Å². The summed E-state index contributed by atoms with van der Waals surface area (Å²) in [6.45, 7) is 6.58. The fourth-order valence-corrected chi connectivity index (χ4v) is 3.26. The van der Waals surface area contributed by atoms with Gasteiger partial charge in [0, 0.05) is 11.2 Å². The summed E-state index contributed by atoms with van der Waals surface area (Å²) in [5, 5.41) is 3.43. The Kier molecular flexibility index (Phi) is 7.62. The van der Waals surface area contributed by atoms with Crippen molar-refractivity contribution in [1.82, 2.24) is 5.32 Å². The van der Waals surface area contributed by atoms with Crippen molar-refractivity contribution in [3.05, 3.63) is 24.3 Å². The molecule has 0 radical (unpaired) electrons. The fourth-order valence-electron chi connectivity index (χ4n) is 1.72. The minimum Gasteiger partial charge on any atom is -0.316 e. The zero-order valence-corrected chi connectivity index (χ0v) is 14.2. The molecule has 114 valence electrons. The van der Waals surface area contributed by atoms with Crippen LogP contribution in [0.15, 0.2) is 34.1 Å². The van der Waals surface area contributed by atoms with Crippen LogP contribution in [0, 0.1) is 5.92 Å². The maximum atomic E-state index is 11.3. The van der Waals surface area contributed by atoms with E-state index in [1.807, 2.05) is 12.1 Å². The summed E-state index contributed by atoms with van der Waals surface area (Å²) in [4.78, 5) is 1.52. The lowest BCUT2D eigenvalue weighted by molar-refractivity contribution is 0.541. The molecule has 0 atom stereocenters. The Morgan fingerprint density at radius 1 is 1.15 bits per heavy atom. The molecule has 3 nitrogen and oxygen atoms in total. The predicted octanol–water partition coefficient (Wildman–Crippen LogP) is 3.21. The second-order valence-electron chi connectivity index (χ2n) is 5.40. The minimum absolute atomic E-state index is 0.389. The van der Waals surface area contributed by atoms with E-state index in [2.05, 4.69) is 19.2 Å². The maximum Gasteiger partial charge on any atom is 0.175 e. The summed E-state index contributed by atoms with van der Waals surface area (Å²) in [5.41, 5.74) is 0. The van der Waals surface area contributed by atoms with Crippen LogP contribution in [-0.4, -0.2) is 33.5 Å². The second-order valence-corrected chi connectivity index (χ2v) is 8.58. The normalized spacial score (nSPS) is 12.0. The van der Waals surface area contributed by atoms with Crippen LogP contribution in [0.4, 0.5) is 0 Å². The average molecular weight is 316 g/mol. The van der Waals surface area contributed by atoms with Crippen LogP contribution in [0.1, 0.15) is 26.7 Å². The van der Waals surface area contributed by atoms with E-state index in [4.69, 9.17) is 0 Å². The van der Waals surface area contributed by atoms with Crippen molar-refractivity contribution in [1.29, 1.82) is 0 Å². The monoisotopic (exact) mass is 315 g/mol. The van der Waals surface area contributed by atoms with Crippen molar-refractivity contribution >= 4 is 21.6 Å². The third-order valence-electron chi connectivity index (χ3n) is 2.82. The SMILES string of the molecule is CC(C)CNCCCCSc1ccc(S(C)(=O)=O)cc1. The number of sulfone groups is 1. The van der Waals surface area contributed by atoms with Gasteiger partial charge in [0.05, 0.1) is 4.90 Å². The molecule has 1 rings (SSSR count). The largest absolute Gasteiger partial charge is 0.316 e. The third kappa shape index (κ3) is 7.31. The summed E-state index contributed by atoms with van der Waals surface area (Å²) >= 11 is 1.78. The quantitative estimate of drug-likeness (QED) is 0.561. The van der Waals surface area contributed by atoms with E-state index in [0.29, 0.717) is 10.8 Å². The van der Waals surface area contributed by atoms with Crippen molar-refractivity contribution in [2.45, 2.75) is 36.5 Å². The molecule has 0 heterocycles. The first-order chi connectivity index (χ1) is 9.39. The number of benzene rings is 1. The summed E-state index contributed by atoms with van der Waals surface area (Å²) in [6, 6.07) is 7.14. The Balaban J connectivity index is 2.20. The zero-order valence-electron chi connectivity index (χ0n) is 12.6. The number of thioether (sulfide) groups is 1. The van der Waals surface area contributed by atoms with Gasteiger partial charge in [-0.3, -0.25) is 0 Å². The van der Waals surface area contributed by atoms with E-state index in [1.54, 1.807) is 23.9 Å². The number of unbranched alkanes of at least 4 members (excludes halogenated alkanes) is 1. The van der Waals surface area contributed by atoms with Crippen LogP contribution in [-0.2, 0) is 9.84 Å². The van der Waals surface area contributed by atoms with E-state index >= 15 is 0 Å². The molecule has 0 aromatic heterocycles. The molecule has 20 heavy (non-hydrogen) atoms. The van der Waals surface area contributed by atoms with Gasteiger partial charge in [-0.05, 0) is 61.9 Å². The van der Waals surface area contributed by atoms with Gasteiger partial charge in [-0.2, -0.15) is 0 Å². The molecule has 1 aromatic rings. The van der Waals surface area contributed by atoms with Crippen molar-refractivity contribution in [2.75, 3.05) is 25.1 Å². The Hall–Kier alpha value is -0.520. The average Bonchev–Trinajstić information content (AvgIpc) is 2.37. The first-order valence-corrected chi connectivity index (χ1v) is 9.91. The van der Waals surface area contributed by atoms with E-state index in [0.717, 1.165) is 23.7 Å². The maximum absolute atomic E-state index is 11.3. The smallest absolute Gasteiger partial charge is 0.175 e. The highest BCUT2D eigenvalue weighted by Gasteiger charge is 2.05. The molecular weight excluding hydrogens is 290 g/mol. The second kappa shape index (κ2) is 8.70. The first kappa shape index (κ1) is 17.5. The molecule has 0 spiro atoms. The van der Waals surface area contributed by atoms with Gasteiger partial charge in [0.15, 0.2) is 9.84 Å². The highest BCUT2D eigenvalue weighted by molar-refractivity contribution is 7.99. The van der Waals surface area contributed by atoms with Gasteiger partial charge in [-0.1, -0.05) is 13.8 Å². The molecule has 0 bridgehead atoms. The lowest BCUT2D eigenvalue weighted by Crippen LogP contribution is -2.20. The van der Waals surface area contributed by atoms with Crippen LogP contribution in [0.25, 0.3) is 0 Å². The molecule has 0 aliphatic heterocycles. The number of nitrogens with one attached hydrogen (secondary N) is 1. The fraction of sp³-hybridized carbons (Fsp3) is 0.600. The summed E-state index contributed by atoms with van der Waals surface area (Å²) in [6.07, 6.45) is 3.59. The van der Waals surface area contributed by atoms with Gasteiger partial charge >= 0.3 is 0 Å². The van der Waals surface area contributed by atoms with Gasteiger partial charge < -0.3 is 5.32 Å². The highest BCUT2D eigenvalue weighted by Crippen LogP contribution is 2.21. The summed E-state index contributed by atoms with van der Waals surface area (Å²) < 4.78 is 22.7. The molecule has 0 aliphatic rings. The van der Waals surface area contributed by atoms with E-state index in [1.165, 1.54) is 19.1 Å². The van der Waals surface area contributed by atoms with Gasteiger partial charge in [0.1, 0.15) is 0 Å². The number of hydrogen-bond acceptors (Lipinski definition) is 4. The Labute approximate surface area is 127 Å². The summed E-state index contributed by atoms with van der Waals surface area (Å²) in [5.74, 6) is 1.78. The number of rotatable bonds is 9. The third-order valence-corrected chi connectivity index (χ3v) is 5.05. The molecule has 0 fully saturated rings. The molecule has 1 aromatic carbocycles. The minimum atomic E-state index is -3.08. The van der Waals surface area contributed by atoms with Gasteiger partial charge in [-0.25, -0.2) is 8.42 Å². The highest BCUT2D eigenvalue weighted by atomic mass is 32.2. The predicted molar refractivity (Wildman–Crippen MR) is 87.2 cm³/mol. The van der Waals surface area contributed by atoms with Crippen molar-refractivity contribution in [3.63, 3.8) is 0 Å². The molecule has 0 saturated heterocycles. The van der Waals surface area contributed by atoms with E-state index in [-0.39, 0.29) is 0 Å². The zero-order chi connectivity index (χ0) is 15.0. The molecule has 5 heteroatoms. The molecule has 1 N–H and O–H groups in total. The Morgan fingerprint density at radius 3 is 2.35 bits per heavy atom. The van der Waals surface area contributed by atoms with Crippen molar-refractivity contribution in [3.8, 4) is 0 Å². The van der Waals surface area contributed by atoms with Crippen LogP contribution >= 0.6 is 11.8 Å². The molecule has 0 aliphatic carbocycles. The number of hydrogen-bond donors (Lipinski definition) is 1. The lowest BCUT2D eigenvalue weighted by atomic mass is 10.2. The standard InChI is InChI=1S/C15H25NO2S2/c1-13(2)12-16-10-4-5-11-19-14-6-8-15(9-7-14)20(3,17)18/h6-9,13,16H,4-5,10-12H2,1-3H3. The van der Waals surface area contributed by atoms with Gasteiger partial charge in [-0.15, -0.1) is 11.8 Å². The van der Waals surface area contributed by atoms with Crippen LogP contribution in [0.2, 0.25) is 0 Å². The van der Waals surface area contributed by atoms with Gasteiger partial charge in [0.2, 0.25) is 0 Å². The van der Waals surface area contributed by atoms with Crippen molar-refractivity contribution < 1.29 is 8.42 Å². The van der Waals surface area contributed by atoms with Crippen molar-refractivity contribution in [2.24, 2.45) is 5.92 Å².